The average molecular weight is 268 g/mol. The molecular formula is C12H14BrNO. The van der Waals surface area contributed by atoms with Crippen LogP contribution in [0.2, 0.25) is 0 Å². The van der Waals surface area contributed by atoms with Gasteiger partial charge in [-0.05, 0) is 58.8 Å². The summed E-state index contributed by atoms with van der Waals surface area (Å²) in [7, 11) is 0. The van der Waals surface area contributed by atoms with Crippen LogP contribution in [0.1, 0.15) is 31.2 Å². The maximum Gasteiger partial charge on any atom is 0.0434 e. The Morgan fingerprint density at radius 2 is 2.20 bits per heavy atom. The number of nitrogens with zero attached hydrogens (tertiary/aromatic N) is 1. The summed E-state index contributed by atoms with van der Waals surface area (Å²) in [4.78, 5) is 4.18. The van der Waals surface area contributed by atoms with Crippen LogP contribution in [0.4, 0.5) is 0 Å². The van der Waals surface area contributed by atoms with E-state index in [1.165, 1.54) is 29.6 Å². The first kappa shape index (κ1) is 10.8. The highest BCUT2D eigenvalue weighted by atomic mass is 79.9. The van der Waals surface area contributed by atoms with Gasteiger partial charge < -0.3 is 5.11 Å². The van der Waals surface area contributed by atoms with Crippen molar-refractivity contribution in [3.63, 3.8) is 0 Å². The second kappa shape index (κ2) is 4.90. The van der Waals surface area contributed by atoms with Crippen LogP contribution in [-0.2, 0) is 0 Å². The van der Waals surface area contributed by atoms with Gasteiger partial charge in [-0.15, -0.1) is 0 Å². The highest BCUT2D eigenvalue weighted by molar-refractivity contribution is 9.10. The number of allylic oxidation sites excluding steroid dienone is 2. The lowest BCUT2D eigenvalue weighted by atomic mass is 10.0. The number of aromatic nitrogens is 1. The van der Waals surface area contributed by atoms with Gasteiger partial charge in [-0.2, -0.15) is 0 Å². The fraction of sp³-hybridized carbons (Fsp3) is 0.417. The van der Waals surface area contributed by atoms with Crippen molar-refractivity contribution in [1.29, 1.82) is 0 Å². The summed E-state index contributed by atoms with van der Waals surface area (Å²) in [5, 5.41) is 8.87. The van der Waals surface area contributed by atoms with Crippen LogP contribution < -0.4 is 0 Å². The van der Waals surface area contributed by atoms with Crippen LogP contribution >= 0.6 is 15.9 Å². The fourth-order valence-corrected chi connectivity index (χ4v) is 2.09. The van der Waals surface area contributed by atoms with E-state index in [9.17, 15) is 0 Å². The van der Waals surface area contributed by atoms with Crippen molar-refractivity contribution >= 4 is 21.5 Å². The van der Waals surface area contributed by atoms with E-state index < -0.39 is 0 Å². The first-order valence-electron chi connectivity index (χ1n) is 5.24. The number of pyridine rings is 1. The van der Waals surface area contributed by atoms with Gasteiger partial charge in [-0.25, -0.2) is 0 Å². The van der Waals surface area contributed by atoms with E-state index in [0.717, 1.165) is 17.3 Å². The van der Waals surface area contributed by atoms with Crippen molar-refractivity contribution < 1.29 is 5.11 Å². The molecule has 1 aromatic rings. The minimum absolute atomic E-state index is 0.262. The molecule has 1 fully saturated rings. The normalized spacial score (nSPS) is 14.1. The van der Waals surface area contributed by atoms with E-state index in [1.54, 1.807) is 6.20 Å². The Hall–Kier alpha value is -0.670. The summed E-state index contributed by atoms with van der Waals surface area (Å²) in [6, 6.07) is 2.10. The van der Waals surface area contributed by atoms with E-state index in [2.05, 4.69) is 27.0 Å². The molecule has 1 aliphatic carbocycles. The standard InChI is InChI=1S/C12H14BrNO/c13-11-6-10(7-14-8-11)12(2-1-5-15)9-3-4-9/h6-8,15H,1-5H2. The predicted molar refractivity (Wildman–Crippen MR) is 64.4 cm³/mol. The van der Waals surface area contributed by atoms with Gasteiger partial charge in [0.2, 0.25) is 0 Å². The molecule has 1 aliphatic rings. The zero-order valence-corrected chi connectivity index (χ0v) is 10.1. The predicted octanol–water partition coefficient (Wildman–Crippen LogP) is 3.16. The first-order chi connectivity index (χ1) is 7.31. The molecule has 2 rings (SSSR count). The second-order valence-electron chi connectivity index (χ2n) is 3.80. The van der Waals surface area contributed by atoms with Gasteiger partial charge in [-0.3, -0.25) is 4.98 Å². The number of aliphatic hydroxyl groups is 1. The molecule has 2 nitrogen and oxygen atoms in total. The van der Waals surface area contributed by atoms with E-state index in [1.807, 2.05) is 6.20 Å². The Morgan fingerprint density at radius 1 is 1.40 bits per heavy atom. The fourth-order valence-electron chi connectivity index (χ4n) is 1.72. The minimum Gasteiger partial charge on any atom is -0.396 e. The SMILES string of the molecule is OCCCC(=C1CC1)c1cncc(Br)c1. The van der Waals surface area contributed by atoms with Gasteiger partial charge in [0.05, 0.1) is 0 Å². The van der Waals surface area contributed by atoms with Crippen molar-refractivity contribution in [3.05, 3.63) is 34.1 Å². The van der Waals surface area contributed by atoms with Gasteiger partial charge in [0.25, 0.3) is 0 Å². The smallest absolute Gasteiger partial charge is 0.0434 e. The molecule has 0 spiro atoms. The third-order valence-electron chi connectivity index (χ3n) is 2.57. The highest BCUT2D eigenvalue weighted by Crippen LogP contribution is 2.38. The molecule has 0 aliphatic heterocycles. The van der Waals surface area contributed by atoms with Crippen LogP contribution in [0.25, 0.3) is 5.57 Å². The zero-order chi connectivity index (χ0) is 10.7. The molecule has 0 bridgehead atoms. The molecule has 0 amide bonds. The summed E-state index contributed by atoms with van der Waals surface area (Å²) in [6.45, 7) is 0.262. The van der Waals surface area contributed by atoms with Gasteiger partial charge in [-0.1, -0.05) is 5.57 Å². The molecule has 1 aromatic heterocycles. The number of rotatable bonds is 4. The number of hydrogen-bond acceptors (Lipinski definition) is 2. The lowest BCUT2D eigenvalue weighted by molar-refractivity contribution is 0.290. The van der Waals surface area contributed by atoms with Crippen molar-refractivity contribution in [2.45, 2.75) is 25.7 Å². The van der Waals surface area contributed by atoms with Gasteiger partial charge in [0.1, 0.15) is 0 Å². The summed E-state index contributed by atoms with van der Waals surface area (Å²) >= 11 is 3.43. The van der Waals surface area contributed by atoms with E-state index >= 15 is 0 Å². The Balaban J connectivity index is 2.22. The number of halogens is 1. The van der Waals surface area contributed by atoms with Crippen molar-refractivity contribution in [3.8, 4) is 0 Å². The molecule has 1 heterocycles. The third-order valence-corrected chi connectivity index (χ3v) is 3.00. The molecule has 1 N–H and O–H groups in total. The van der Waals surface area contributed by atoms with Crippen molar-refractivity contribution in [1.82, 2.24) is 4.98 Å². The van der Waals surface area contributed by atoms with Gasteiger partial charge in [0.15, 0.2) is 0 Å². The van der Waals surface area contributed by atoms with E-state index in [-0.39, 0.29) is 6.61 Å². The van der Waals surface area contributed by atoms with E-state index in [0.29, 0.717) is 0 Å². The number of hydrogen-bond donors (Lipinski definition) is 1. The first-order valence-corrected chi connectivity index (χ1v) is 6.03. The quantitative estimate of drug-likeness (QED) is 0.909. The van der Waals surface area contributed by atoms with Crippen LogP contribution in [0.15, 0.2) is 28.5 Å². The molecule has 80 valence electrons. The monoisotopic (exact) mass is 267 g/mol. The Morgan fingerprint density at radius 3 is 2.80 bits per heavy atom. The lowest BCUT2D eigenvalue weighted by Crippen LogP contribution is -1.90. The molecule has 15 heavy (non-hydrogen) atoms. The highest BCUT2D eigenvalue weighted by Gasteiger charge is 2.18. The maximum atomic E-state index is 8.87. The van der Waals surface area contributed by atoms with Crippen molar-refractivity contribution in [2.24, 2.45) is 0 Å². The zero-order valence-electron chi connectivity index (χ0n) is 8.54. The summed E-state index contributed by atoms with van der Waals surface area (Å²) in [5.41, 5.74) is 4.12. The Labute approximate surface area is 98.2 Å². The maximum absolute atomic E-state index is 8.87. The minimum atomic E-state index is 0.262. The van der Waals surface area contributed by atoms with E-state index in [4.69, 9.17) is 5.11 Å². The summed E-state index contributed by atoms with van der Waals surface area (Å²) in [6.07, 6.45) is 7.93. The second-order valence-corrected chi connectivity index (χ2v) is 4.72. The molecular weight excluding hydrogens is 254 g/mol. The average Bonchev–Trinajstić information content (AvgIpc) is 3.03. The molecule has 0 atom stereocenters. The topological polar surface area (TPSA) is 33.1 Å². The van der Waals surface area contributed by atoms with Crippen molar-refractivity contribution in [2.75, 3.05) is 6.61 Å². The third kappa shape index (κ3) is 2.89. The largest absolute Gasteiger partial charge is 0.396 e. The summed E-state index contributed by atoms with van der Waals surface area (Å²) < 4.78 is 1.02. The molecule has 3 heteroatoms. The molecule has 0 saturated heterocycles. The van der Waals surface area contributed by atoms with Gasteiger partial charge >= 0.3 is 0 Å². The number of aliphatic hydroxyl groups excluding tert-OH is 1. The Kier molecular flexibility index (Phi) is 3.54. The summed E-state index contributed by atoms with van der Waals surface area (Å²) in [5.74, 6) is 0. The van der Waals surface area contributed by atoms with Crippen LogP contribution in [-0.4, -0.2) is 16.7 Å². The molecule has 0 radical (unpaired) electrons. The van der Waals surface area contributed by atoms with Crippen LogP contribution in [0.3, 0.4) is 0 Å². The lowest BCUT2D eigenvalue weighted by Gasteiger charge is -2.06. The van der Waals surface area contributed by atoms with Crippen LogP contribution in [0, 0.1) is 0 Å². The van der Waals surface area contributed by atoms with Crippen LogP contribution in [0.5, 0.6) is 0 Å². The molecule has 0 unspecified atom stereocenters. The van der Waals surface area contributed by atoms with Gasteiger partial charge in [0, 0.05) is 23.5 Å². The Bertz CT molecular complexity index is 381. The molecule has 0 aromatic carbocycles. The molecule has 1 saturated carbocycles.